The molecule has 0 saturated heterocycles. The van der Waals surface area contributed by atoms with Gasteiger partial charge in [0.2, 0.25) is 0 Å². The Morgan fingerprint density at radius 1 is 1.29 bits per heavy atom. The Bertz CT molecular complexity index is 518. The van der Waals surface area contributed by atoms with Crippen molar-refractivity contribution in [2.45, 2.75) is 39.4 Å². The van der Waals surface area contributed by atoms with E-state index in [1.807, 2.05) is 37.3 Å². The Kier molecular flexibility index (Phi) is 7.78. The minimum absolute atomic E-state index is 0.358. The first-order chi connectivity index (χ1) is 10.1. The van der Waals surface area contributed by atoms with Gasteiger partial charge in [-0.15, -0.1) is 5.73 Å². The van der Waals surface area contributed by atoms with E-state index >= 15 is 0 Å². The fourth-order valence-corrected chi connectivity index (χ4v) is 2.13. The Balaban J connectivity index is 3.15. The van der Waals surface area contributed by atoms with Crippen LogP contribution in [-0.4, -0.2) is 14.2 Å². The van der Waals surface area contributed by atoms with Gasteiger partial charge < -0.3 is 9.47 Å². The second-order valence-corrected chi connectivity index (χ2v) is 5.08. The minimum atomic E-state index is -0.358. The molecule has 1 aromatic carbocycles. The van der Waals surface area contributed by atoms with E-state index < -0.39 is 0 Å². The molecule has 1 aromatic rings. The molecule has 0 spiro atoms. The molecule has 0 N–H and O–H groups in total. The maximum atomic E-state index is 5.35. The van der Waals surface area contributed by atoms with Crippen LogP contribution in [0.2, 0.25) is 0 Å². The van der Waals surface area contributed by atoms with Crippen LogP contribution >= 0.6 is 0 Å². The lowest BCUT2D eigenvalue weighted by Crippen LogP contribution is -2.05. The topological polar surface area (TPSA) is 18.5 Å². The van der Waals surface area contributed by atoms with Gasteiger partial charge in [0.1, 0.15) is 0 Å². The molecular weight excluding hydrogens is 260 g/mol. The summed E-state index contributed by atoms with van der Waals surface area (Å²) in [5, 5.41) is 0. The van der Waals surface area contributed by atoms with Crippen LogP contribution in [0.15, 0.2) is 47.7 Å². The molecular formula is C19H26O2. The summed E-state index contributed by atoms with van der Waals surface area (Å²) < 4.78 is 10.7. The van der Waals surface area contributed by atoms with Gasteiger partial charge >= 0.3 is 0 Å². The summed E-state index contributed by atoms with van der Waals surface area (Å²) in [5.74, 6) is 0. The van der Waals surface area contributed by atoms with Crippen molar-refractivity contribution in [3.63, 3.8) is 0 Å². The van der Waals surface area contributed by atoms with Crippen molar-refractivity contribution in [2.75, 3.05) is 14.2 Å². The molecule has 0 saturated carbocycles. The van der Waals surface area contributed by atoms with Crippen LogP contribution in [0.4, 0.5) is 0 Å². The quantitative estimate of drug-likeness (QED) is 0.367. The largest absolute Gasteiger partial charge is 0.352 e. The van der Waals surface area contributed by atoms with Gasteiger partial charge in [-0.3, -0.25) is 0 Å². The van der Waals surface area contributed by atoms with Gasteiger partial charge in [-0.1, -0.05) is 44.2 Å². The third-order valence-electron chi connectivity index (χ3n) is 3.38. The summed E-state index contributed by atoms with van der Waals surface area (Å²) >= 11 is 0. The van der Waals surface area contributed by atoms with Gasteiger partial charge in [0.05, 0.1) is 0 Å². The zero-order valence-electron chi connectivity index (χ0n) is 13.6. The van der Waals surface area contributed by atoms with Crippen LogP contribution in [0.25, 0.3) is 6.08 Å². The van der Waals surface area contributed by atoms with E-state index in [2.05, 4.69) is 19.2 Å². The lowest BCUT2D eigenvalue weighted by molar-refractivity contribution is -0.106. The van der Waals surface area contributed by atoms with Crippen molar-refractivity contribution in [3.8, 4) is 0 Å². The van der Waals surface area contributed by atoms with Crippen molar-refractivity contribution in [1.82, 2.24) is 0 Å². The van der Waals surface area contributed by atoms with Crippen molar-refractivity contribution in [3.05, 3.63) is 58.8 Å². The van der Waals surface area contributed by atoms with Crippen molar-refractivity contribution >= 4 is 6.08 Å². The summed E-state index contributed by atoms with van der Waals surface area (Å²) in [6, 6.07) is 8.05. The summed E-state index contributed by atoms with van der Waals surface area (Å²) in [5.41, 5.74) is 7.71. The molecule has 0 unspecified atom stereocenters. The van der Waals surface area contributed by atoms with E-state index in [-0.39, 0.29) is 6.29 Å². The summed E-state index contributed by atoms with van der Waals surface area (Å²) in [4.78, 5) is 0. The van der Waals surface area contributed by atoms with Crippen molar-refractivity contribution < 1.29 is 9.47 Å². The highest BCUT2D eigenvalue weighted by Crippen LogP contribution is 2.23. The number of benzene rings is 1. The summed E-state index contributed by atoms with van der Waals surface area (Å²) in [7, 11) is 3.29. The molecule has 0 amide bonds. The molecule has 21 heavy (non-hydrogen) atoms. The Labute approximate surface area is 128 Å². The smallest absolute Gasteiger partial charge is 0.183 e. The van der Waals surface area contributed by atoms with Crippen LogP contribution in [-0.2, 0) is 9.47 Å². The zero-order valence-corrected chi connectivity index (χ0v) is 13.6. The highest BCUT2D eigenvalue weighted by molar-refractivity contribution is 5.55. The average Bonchev–Trinajstić information content (AvgIpc) is 2.49. The number of rotatable bonds is 8. The molecule has 0 aliphatic carbocycles. The first-order valence-corrected chi connectivity index (χ1v) is 7.40. The summed E-state index contributed by atoms with van der Waals surface area (Å²) in [6.45, 7) is 8.27. The number of methoxy groups -OCH3 is 2. The van der Waals surface area contributed by atoms with Gasteiger partial charge in [-0.25, -0.2) is 0 Å². The highest BCUT2D eigenvalue weighted by atomic mass is 16.7. The van der Waals surface area contributed by atoms with Gasteiger partial charge in [-0.2, -0.15) is 0 Å². The third-order valence-corrected chi connectivity index (χ3v) is 3.38. The van der Waals surface area contributed by atoms with Crippen LogP contribution in [0.1, 0.15) is 50.5 Å². The maximum Gasteiger partial charge on any atom is 0.183 e. The van der Waals surface area contributed by atoms with Gasteiger partial charge in [0.25, 0.3) is 0 Å². The molecule has 0 aliphatic heterocycles. The Morgan fingerprint density at radius 3 is 2.52 bits per heavy atom. The molecule has 2 nitrogen and oxygen atoms in total. The Hall–Kier alpha value is -1.60. The lowest BCUT2D eigenvalue weighted by Gasteiger charge is -2.15. The number of unbranched alkanes of at least 4 members (excludes halogenated alkanes) is 1. The number of hydrogen-bond donors (Lipinski definition) is 0. The highest BCUT2D eigenvalue weighted by Gasteiger charge is 2.11. The van der Waals surface area contributed by atoms with E-state index in [4.69, 9.17) is 9.47 Å². The summed E-state index contributed by atoms with van der Waals surface area (Å²) in [6.07, 6.45) is 4.99. The first kappa shape index (κ1) is 17.5. The van der Waals surface area contributed by atoms with Crippen molar-refractivity contribution in [1.29, 1.82) is 0 Å². The molecule has 0 aliphatic rings. The van der Waals surface area contributed by atoms with Crippen molar-refractivity contribution in [2.24, 2.45) is 0 Å². The predicted octanol–water partition coefficient (Wildman–Crippen LogP) is 5.28. The minimum Gasteiger partial charge on any atom is -0.352 e. The number of allylic oxidation sites excluding steroid dienone is 2. The lowest BCUT2D eigenvalue weighted by atomic mass is 10.0. The second kappa shape index (κ2) is 9.36. The fourth-order valence-electron chi connectivity index (χ4n) is 2.13. The van der Waals surface area contributed by atoms with E-state index in [9.17, 15) is 0 Å². The number of hydrogen-bond acceptors (Lipinski definition) is 2. The van der Waals surface area contributed by atoms with Gasteiger partial charge in [0.15, 0.2) is 6.29 Å². The van der Waals surface area contributed by atoms with E-state index in [0.29, 0.717) is 0 Å². The molecule has 0 radical (unpaired) electrons. The monoisotopic (exact) mass is 286 g/mol. The molecule has 0 bridgehead atoms. The third kappa shape index (κ3) is 5.35. The molecule has 0 atom stereocenters. The fraction of sp³-hybridized carbons (Fsp3) is 0.421. The molecule has 2 heteroatoms. The van der Waals surface area contributed by atoms with E-state index in [1.165, 1.54) is 12.0 Å². The maximum absolute atomic E-state index is 5.35. The molecule has 0 heterocycles. The molecule has 0 aromatic heterocycles. The second-order valence-electron chi connectivity index (χ2n) is 5.08. The zero-order chi connectivity index (χ0) is 15.7. The van der Waals surface area contributed by atoms with Gasteiger partial charge in [-0.05, 0) is 42.6 Å². The Morgan fingerprint density at radius 2 is 1.95 bits per heavy atom. The number of ether oxygens (including phenoxy) is 2. The van der Waals surface area contributed by atoms with Crippen LogP contribution in [0.3, 0.4) is 0 Å². The molecule has 1 rings (SSSR count). The standard InChI is InChI=1S/C19H26O2/c1-6-7-10-16(15(2)3)13-14-17-11-8-9-12-18(17)19(20-4)21-5/h8-9,11-12,14,19H,2,6-7,10H2,1,3-5H3. The van der Waals surface area contributed by atoms with E-state index in [0.717, 1.165) is 29.5 Å². The van der Waals surface area contributed by atoms with Gasteiger partial charge in [0, 0.05) is 19.8 Å². The molecule has 0 fully saturated rings. The normalized spacial score (nSPS) is 10.3. The predicted molar refractivity (Wildman–Crippen MR) is 89.0 cm³/mol. The molecule has 114 valence electrons. The van der Waals surface area contributed by atoms with Crippen LogP contribution in [0, 0.1) is 0 Å². The van der Waals surface area contributed by atoms with E-state index in [1.54, 1.807) is 14.2 Å². The SMILES string of the molecule is C=C(C)C(=C=Cc1ccccc1C(OC)OC)CCCC. The average molecular weight is 286 g/mol. The first-order valence-electron chi connectivity index (χ1n) is 7.40. The van der Waals surface area contributed by atoms with Crippen LogP contribution < -0.4 is 0 Å². The van der Waals surface area contributed by atoms with Crippen LogP contribution in [0.5, 0.6) is 0 Å².